The highest BCUT2D eigenvalue weighted by Gasteiger charge is 2.06. The van der Waals surface area contributed by atoms with Gasteiger partial charge in [0.05, 0.1) is 6.54 Å². The minimum absolute atomic E-state index is 0.0271. The number of carbonyl (C=O) groups excluding carboxylic acids is 1. The molecular formula is C13H13NO3. The van der Waals surface area contributed by atoms with Gasteiger partial charge in [-0.05, 0) is 17.5 Å². The molecule has 1 aromatic carbocycles. The van der Waals surface area contributed by atoms with E-state index in [0.29, 0.717) is 5.39 Å². The number of carbonyl (C=O) groups is 1. The lowest BCUT2D eigenvalue weighted by Crippen LogP contribution is -2.25. The van der Waals surface area contributed by atoms with Crippen molar-refractivity contribution >= 4 is 16.6 Å². The third kappa shape index (κ3) is 2.42. The van der Waals surface area contributed by atoms with E-state index in [0.717, 1.165) is 5.39 Å². The molecule has 0 aliphatic carbocycles. The summed E-state index contributed by atoms with van der Waals surface area (Å²) in [4.78, 5) is 23.5. The molecule has 0 fully saturated rings. The van der Waals surface area contributed by atoms with Crippen molar-refractivity contribution in [2.45, 2.75) is 6.54 Å². The predicted molar refractivity (Wildman–Crippen MR) is 65.1 cm³/mol. The van der Waals surface area contributed by atoms with Gasteiger partial charge in [-0.15, -0.1) is 0 Å². The largest absolute Gasteiger partial charge is 0.377 e. The van der Waals surface area contributed by atoms with Gasteiger partial charge in [0.15, 0.2) is 5.78 Å². The molecule has 0 aliphatic rings. The Morgan fingerprint density at radius 3 is 2.82 bits per heavy atom. The molecule has 0 saturated carbocycles. The van der Waals surface area contributed by atoms with Gasteiger partial charge in [0.25, 0.3) is 5.56 Å². The van der Waals surface area contributed by atoms with E-state index in [1.807, 2.05) is 24.3 Å². The molecule has 0 unspecified atom stereocenters. The zero-order valence-electron chi connectivity index (χ0n) is 9.55. The first kappa shape index (κ1) is 11.5. The van der Waals surface area contributed by atoms with Gasteiger partial charge in [0.1, 0.15) is 6.61 Å². The molecule has 2 aromatic rings. The fourth-order valence-electron chi connectivity index (χ4n) is 1.75. The van der Waals surface area contributed by atoms with Gasteiger partial charge in [0.2, 0.25) is 0 Å². The molecule has 17 heavy (non-hydrogen) atoms. The first-order chi connectivity index (χ1) is 8.22. The number of rotatable bonds is 4. The number of aromatic nitrogens is 1. The number of benzene rings is 1. The van der Waals surface area contributed by atoms with E-state index >= 15 is 0 Å². The molecule has 0 saturated heterocycles. The van der Waals surface area contributed by atoms with Crippen molar-refractivity contribution in [3.05, 3.63) is 46.9 Å². The molecule has 0 bridgehead atoms. The number of ketones is 1. The molecule has 88 valence electrons. The average Bonchev–Trinajstić information content (AvgIpc) is 2.33. The quantitative estimate of drug-likeness (QED) is 0.794. The molecule has 4 nitrogen and oxygen atoms in total. The summed E-state index contributed by atoms with van der Waals surface area (Å²) in [6.07, 6.45) is 1.64. The third-order valence-corrected chi connectivity index (χ3v) is 2.54. The lowest BCUT2D eigenvalue weighted by Gasteiger charge is -2.05. The van der Waals surface area contributed by atoms with Crippen LogP contribution in [0.1, 0.15) is 0 Å². The van der Waals surface area contributed by atoms with Crippen molar-refractivity contribution in [2.75, 3.05) is 13.7 Å². The van der Waals surface area contributed by atoms with Crippen LogP contribution in [0.15, 0.2) is 41.3 Å². The van der Waals surface area contributed by atoms with Crippen molar-refractivity contribution in [3.63, 3.8) is 0 Å². The second-order valence-corrected chi connectivity index (χ2v) is 3.81. The Balaban J connectivity index is 2.39. The Morgan fingerprint density at radius 2 is 2.06 bits per heavy atom. The van der Waals surface area contributed by atoms with Gasteiger partial charge in [-0.3, -0.25) is 9.59 Å². The minimum atomic E-state index is -0.146. The maximum Gasteiger partial charge on any atom is 0.258 e. The van der Waals surface area contributed by atoms with Crippen LogP contribution >= 0.6 is 0 Å². The van der Waals surface area contributed by atoms with Crippen LogP contribution in [0.4, 0.5) is 0 Å². The first-order valence-corrected chi connectivity index (χ1v) is 5.31. The number of ether oxygens (including phenoxy) is 1. The highest BCUT2D eigenvalue weighted by molar-refractivity contribution is 5.82. The van der Waals surface area contributed by atoms with Gasteiger partial charge in [0, 0.05) is 18.7 Å². The highest BCUT2D eigenvalue weighted by Crippen LogP contribution is 2.07. The maximum atomic E-state index is 12.0. The van der Waals surface area contributed by atoms with Crippen LogP contribution in [-0.2, 0) is 16.1 Å². The first-order valence-electron chi connectivity index (χ1n) is 5.31. The van der Waals surface area contributed by atoms with Crippen molar-refractivity contribution < 1.29 is 9.53 Å². The van der Waals surface area contributed by atoms with E-state index in [1.165, 1.54) is 11.7 Å². The van der Waals surface area contributed by atoms with Gasteiger partial charge >= 0.3 is 0 Å². The van der Waals surface area contributed by atoms with Crippen LogP contribution in [-0.4, -0.2) is 24.1 Å². The third-order valence-electron chi connectivity index (χ3n) is 2.54. The van der Waals surface area contributed by atoms with Crippen LogP contribution < -0.4 is 5.56 Å². The summed E-state index contributed by atoms with van der Waals surface area (Å²) in [6, 6.07) is 9.15. The summed E-state index contributed by atoms with van der Waals surface area (Å²) in [7, 11) is 1.46. The second kappa shape index (κ2) is 4.93. The van der Waals surface area contributed by atoms with Crippen LogP contribution in [0.2, 0.25) is 0 Å². The Morgan fingerprint density at radius 1 is 1.29 bits per heavy atom. The molecule has 0 aliphatic heterocycles. The molecule has 1 aromatic heterocycles. The van der Waals surface area contributed by atoms with Crippen LogP contribution in [0.5, 0.6) is 0 Å². The normalized spacial score (nSPS) is 10.6. The van der Waals surface area contributed by atoms with Crippen molar-refractivity contribution in [1.29, 1.82) is 0 Å². The van der Waals surface area contributed by atoms with Crippen LogP contribution in [0.3, 0.4) is 0 Å². The summed E-state index contributed by atoms with van der Waals surface area (Å²) in [5.41, 5.74) is -0.146. The summed E-state index contributed by atoms with van der Waals surface area (Å²) in [5, 5.41) is 1.51. The Bertz CT molecular complexity index is 601. The number of Topliss-reactive ketones (excluding diaryl/α,β-unsaturated/α-hetero) is 1. The van der Waals surface area contributed by atoms with Crippen molar-refractivity contribution in [2.24, 2.45) is 0 Å². The average molecular weight is 231 g/mol. The van der Waals surface area contributed by atoms with E-state index in [-0.39, 0.29) is 24.5 Å². The van der Waals surface area contributed by atoms with Crippen molar-refractivity contribution in [1.82, 2.24) is 4.57 Å². The molecule has 2 rings (SSSR count). The minimum Gasteiger partial charge on any atom is -0.377 e. The lowest BCUT2D eigenvalue weighted by atomic mass is 10.2. The zero-order valence-corrected chi connectivity index (χ0v) is 9.55. The Kier molecular flexibility index (Phi) is 3.35. The maximum absolute atomic E-state index is 12.0. The molecule has 0 spiro atoms. The summed E-state index contributed by atoms with van der Waals surface area (Å²) >= 11 is 0. The van der Waals surface area contributed by atoms with E-state index < -0.39 is 0 Å². The fourth-order valence-corrected chi connectivity index (χ4v) is 1.75. The highest BCUT2D eigenvalue weighted by atomic mass is 16.5. The molecule has 0 radical (unpaired) electrons. The Hall–Kier alpha value is -1.94. The monoisotopic (exact) mass is 231 g/mol. The molecule has 4 heteroatoms. The van der Waals surface area contributed by atoms with Gasteiger partial charge in [-0.1, -0.05) is 18.2 Å². The standard InChI is InChI=1S/C13H13NO3/c1-17-9-11(15)8-14-7-6-10-4-2-3-5-12(10)13(14)16/h2-7H,8-9H2,1H3. The summed E-state index contributed by atoms with van der Waals surface area (Å²) < 4.78 is 6.14. The van der Waals surface area contributed by atoms with E-state index in [1.54, 1.807) is 12.3 Å². The topological polar surface area (TPSA) is 48.3 Å². The summed E-state index contributed by atoms with van der Waals surface area (Å²) in [6.45, 7) is 0.0801. The number of fused-ring (bicyclic) bond motifs is 1. The molecule has 0 atom stereocenters. The summed E-state index contributed by atoms with van der Waals surface area (Å²) in [5.74, 6) is -0.120. The molecule has 0 amide bonds. The predicted octanol–water partition coefficient (Wildman–Crippen LogP) is 1.22. The number of nitrogens with zero attached hydrogens (tertiary/aromatic N) is 1. The Labute approximate surface area is 98.4 Å². The molecule has 0 N–H and O–H groups in total. The number of hydrogen-bond donors (Lipinski definition) is 0. The zero-order chi connectivity index (χ0) is 12.3. The van der Waals surface area contributed by atoms with Crippen LogP contribution in [0.25, 0.3) is 10.8 Å². The van der Waals surface area contributed by atoms with Crippen molar-refractivity contribution in [3.8, 4) is 0 Å². The lowest BCUT2D eigenvalue weighted by molar-refractivity contribution is -0.123. The fraction of sp³-hybridized carbons (Fsp3) is 0.231. The smallest absolute Gasteiger partial charge is 0.258 e. The second-order valence-electron chi connectivity index (χ2n) is 3.81. The number of methoxy groups -OCH3 is 1. The van der Waals surface area contributed by atoms with Gasteiger partial charge in [-0.25, -0.2) is 0 Å². The SMILES string of the molecule is COCC(=O)Cn1ccc2ccccc2c1=O. The van der Waals surface area contributed by atoms with Gasteiger partial charge in [-0.2, -0.15) is 0 Å². The molecule has 1 heterocycles. The van der Waals surface area contributed by atoms with Gasteiger partial charge < -0.3 is 9.30 Å². The van der Waals surface area contributed by atoms with E-state index in [2.05, 4.69) is 0 Å². The number of pyridine rings is 1. The number of hydrogen-bond acceptors (Lipinski definition) is 3. The van der Waals surface area contributed by atoms with Crippen LogP contribution in [0, 0.1) is 0 Å². The molecular weight excluding hydrogens is 218 g/mol. The van der Waals surface area contributed by atoms with E-state index in [4.69, 9.17) is 4.74 Å². The van der Waals surface area contributed by atoms with E-state index in [9.17, 15) is 9.59 Å².